The van der Waals surface area contributed by atoms with Crippen LogP contribution in [0.1, 0.15) is 16.8 Å². The van der Waals surface area contributed by atoms with E-state index >= 15 is 0 Å². The smallest absolute Gasteiger partial charge is 0.170 e. The molecule has 0 bridgehead atoms. The summed E-state index contributed by atoms with van der Waals surface area (Å²) in [4.78, 5) is 0. The number of aryl methyl sites for hydroxylation is 2. The normalized spacial score (nSPS) is 10.9. The number of benzene rings is 2. The molecule has 0 atom stereocenters. The van der Waals surface area contributed by atoms with Gasteiger partial charge in [-0.05, 0) is 60.2 Å². The van der Waals surface area contributed by atoms with Crippen LogP contribution in [0.25, 0.3) is 11.0 Å². The first-order valence-corrected chi connectivity index (χ1v) is 8.09. The van der Waals surface area contributed by atoms with E-state index in [9.17, 15) is 0 Å². The fraction of sp³-hybridized carbons (Fsp3) is 0.235. The van der Waals surface area contributed by atoms with E-state index in [4.69, 9.17) is 9.26 Å². The van der Waals surface area contributed by atoms with Gasteiger partial charge in [-0.3, -0.25) is 0 Å². The highest BCUT2D eigenvalue weighted by atomic mass is 127. The summed E-state index contributed by atoms with van der Waals surface area (Å²) in [6, 6.07) is 10.3. The molecule has 0 aliphatic carbocycles. The third-order valence-corrected chi connectivity index (χ3v) is 4.24. The molecule has 1 heterocycles. The van der Waals surface area contributed by atoms with Crippen molar-refractivity contribution in [2.24, 2.45) is 0 Å². The van der Waals surface area contributed by atoms with Crippen LogP contribution in [-0.2, 0) is 6.54 Å². The topological polar surface area (TPSA) is 47.3 Å². The molecule has 0 saturated carbocycles. The molecular weight excluding hydrogens is 391 g/mol. The van der Waals surface area contributed by atoms with Gasteiger partial charge in [-0.15, -0.1) is 0 Å². The summed E-state index contributed by atoms with van der Waals surface area (Å²) < 4.78 is 11.9. The van der Waals surface area contributed by atoms with E-state index in [1.807, 2.05) is 19.1 Å². The SMILES string of the molecule is COc1cc(C)ccc1CNc1cc(I)cc2onc(C)c12. The molecule has 0 aliphatic heterocycles. The Bertz CT molecular complexity index is 827. The molecule has 1 aromatic heterocycles. The third-order valence-electron chi connectivity index (χ3n) is 3.62. The average molecular weight is 408 g/mol. The minimum atomic E-state index is 0.684. The first-order valence-electron chi connectivity index (χ1n) is 7.01. The number of nitrogens with zero attached hydrogens (tertiary/aromatic N) is 1. The largest absolute Gasteiger partial charge is 0.496 e. The number of nitrogens with one attached hydrogen (secondary N) is 1. The van der Waals surface area contributed by atoms with Gasteiger partial charge in [-0.25, -0.2) is 0 Å². The van der Waals surface area contributed by atoms with Gasteiger partial charge in [0.05, 0.1) is 18.2 Å². The van der Waals surface area contributed by atoms with E-state index in [0.29, 0.717) is 6.54 Å². The van der Waals surface area contributed by atoms with Gasteiger partial charge in [0.2, 0.25) is 0 Å². The maximum Gasteiger partial charge on any atom is 0.170 e. The van der Waals surface area contributed by atoms with Crippen molar-refractivity contribution in [3.63, 3.8) is 0 Å². The van der Waals surface area contributed by atoms with Crippen LogP contribution in [0, 0.1) is 17.4 Å². The lowest BCUT2D eigenvalue weighted by Gasteiger charge is -2.12. The second kappa shape index (κ2) is 6.16. The Balaban J connectivity index is 1.93. The van der Waals surface area contributed by atoms with Crippen LogP contribution in [0.4, 0.5) is 5.69 Å². The predicted octanol–water partition coefficient (Wildman–Crippen LogP) is 4.67. The van der Waals surface area contributed by atoms with Gasteiger partial charge in [0.1, 0.15) is 5.75 Å². The van der Waals surface area contributed by atoms with Crippen LogP contribution >= 0.6 is 22.6 Å². The molecule has 2 aromatic carbocycles. The van der Waals surface area contributed by atoms with Gasteiger partial charge in [0, 0.05) is 21.4 Å². The Morgan fingerprint density at radius 2 is 2.05 bits per heavy atom. The molecule has 0 fully saturated rings. The Labute approximate surface area is 143 Å². The van der Waals surface area contributed by atoms with E-state index in [0.717, 1.165) is 37.2 Å². The molecule has 1 N–H and O–H groups in total. The number of halogens is 1. The molecule has 5 heteroatoms. The van der Waals surface area contributed by atoms with E-state index in [-0.39, 0.29) is 0 Å². The Morgan fingerprint density at radius 3 is 2.82 bits per heavy atom. The fourth-order valence-corrected chi connectivity index (χ4v) is 3.11. The van der Waals surface area contributed by atoms with Gasteiger partial charge in [0.25, 0.3) is 0 Å². The minimum Gasteiger partial charge on any atom is -0.496 e. The second-order valence-corrected chi connectivity index (χ2v) is 6.51. The molecule has 0 spiro atoms. The lowest BCUT2D eigenvalue weighted by atomic mass is 10.1. The van der Waals surface area contributed by atoms with Crippen molar-refractivity contribution in [3.05, 3.63) is 50.7 Å². The van der Waals surface area contributed by atoms with Crippen molar-refractivity contribution in [2.75, 3.05) is 12.4 Å². The van der Waals surface area contributed by atoms with Crippen LogP contribution in [0.2, 0.25) is 0 Å². The van der Waals surface area contributed by atoms with Crippen molar-refractivity contribution in [1.29, 1.82) is 0 Å². The molecule has 0 radical (unpaired) electrons. The number of aromatic nitrogens is 1. The second-order valence-electron chi connectivity index (χ2n) is 5.26. The molecule has 22 heavy (non-hydrogen) atoms. The number of hydrogen-bond donors (Lipinski definition) is 1. The van der Waals surface area contributed by atoms with E-state index < -0.39 is 0 Å². The van der Waals surface area contributed by atoms with Crippen molar-refractivity contribution < 1.29 is 9.26 Å². The standard InChI is InChI=1S/C17H17IN2O2/c1-10-4-5-12(15(6-10)21-3)9-19-14-7-13(18)8-16-17(14)11(2)20-22-16/h4-8,19H,9H2,1-3H3. The van der Waals surface area contributed by atoms with Gasteiger partial charge in [-0.1, -0.05) is 17.3 Å². The number of hydrogen-bond acceptors (Lipinski definition) is 4. The number of fused-ring (bicyclic) bond motifs is 1. The first kappa shape index (κ1) is 15.1. The Hall–Kier alpha value is -1.76. The van der Waals surface area contributed by atoms with Crippen LogP contribution in [0.3, 0.4) is 0 Å². The van der Waals surface area contributed by atoms with Crippen molar-refractivity contribution in [1.82, 2.24) is 5.16 Å². The predicted molar refractivity (Wildman–Crippen MR) is 96.5 cm³/mol. The monoisotopic (exact) mass is 408 g/mol. The minimum absolute atomic E-state index is 0.684. The highest BCUT2D eigenvalue weighted by Crippen LogP contribution is 2.30. The lowest BCUT2D eigenvalue weighted by molar-refractivity contribution is 0.410. The fourth-order valence-electron chi connectivity index (χ4n) is 2.52. The number of anilines is 1. The zero-order valence-electron chi connectivity index (χ0n) is 12.7. The van der Waals surface area contributed by atoms with Crippen LogP contribution in [0.15, 0.2) is 34.9 Å². The van der Waals surface area contributed by atoms with Crippen molar-refractivity contribution in [2.45, 2.75) is 20.4 Å². The summed E-state index contributed by atoms with van der Waals surface area (Å²) in [5.74, 6) is 0.899. The van der Waals surface area contributed by atoms with Gasteiger partial charge in [0.15, 0.2) is 5.58 Å². The zero-order chi connectivity index (χ0) is 15.7. The molecule has 4 nitrogen and oxygen atoms in total. The van der Waals surface area contributed by atoms with E-state index in [1.165, 1.54) is 5.56 Å². The zero-order valence-corrected chi connectivity index (χ0v) is 14.9. The Kier molecular flexibility index (Phi) is 4.24. The highest BCUT2D eigenvalue weighted by molar-refractivity contribution is 14.1. The summed E-state index contributed by atoms with van der Waals surface area (Å²) in [5.41, 5.74) is 5.04. The lowest BCUT2D eigenvalue weighted by Crippen LogP contribution is -2.03. The van der Waals surface area contributed by atoms with Crippen LogP contribution in [0.5, 0.6) is 5.75 Å². The van der Waals surface area contributed by atoms with Crippen LogP contribution in [-0.4, -0.2) is 12.3 Å². The maximum atomic E-state index is 5.46. The van der Waals surface area contributed by atoms with Crippen molar-refractivity contribution in [3.8, 4) is 5.75 Å². The molecule has 0 saturated heterocycles. The van der Waals surface area contributed by atoms with Gasteiger partial charge < -0.3 is 14.6 Å². The number of ether oxygens (including phenoxy) is 1. The van der Waals surface area contributed by atoms with Crippen molar-refractivity contribution >= 4 is 39.2 Å². The third kappa shape index (κ3) is 2.90. The molecule has 114 valence electrons. The highest BCUT2D eigenvalue weighted by Gasteiger charge is 2.12. The molecule has 0 amide bonds. The average Bonchev–Trinajstić information content (AvgIpc) is 2.86. The molecule has 0 aliphatic rings. The maximum absolute atomic E-state index is 5.46. The summed E-state index contributed by atoms with van der Waals surface area (Å²) in [7, 11) is 1.70. The van der Waals surface area contributed by atoms with Gasteiger partial charge in [-0.2, -0.15) is 0 Å². The molecular formula is C17H17IN2O2. The summed E-state index contributed by atoms with van der Waals surface area (Å²) in [6.07, 6.45) is 0. The van der Waals surface area contributed by atoms with E-state index in [2.05, 4.69) is 58.2 Å². The van der Waals surface area contributed by atoms with Crippen LogP contribution < -0.4 is 10.1 Å². The summed E-state index contributed by atoms with van der Waals surface area (Å²) in [6.45, 7) is 4.70. The number of rotatable bonds is 4. The van der Waals surface area contributed by atoms with E-state index in [1.54, 1.807) is 7.11 Å². The summed E-state index contributed by atoms with van der Waals surface area (Å²) >= 11 is 2.28. The molecule has 3 aromatic rings. The quantitative estimate of drug-likeness (QED) is 0.638. The van der Waals surface area contributed by atoms with Gasteiger partial charge >= 0.3 is 0 Å². The first-order chi connectivity index (χ1) is 10.6. The molecule has 3 rings (SSSR count). The molecule has 0 unspecified atom stereocenters. The number of methoxy groups -OCH3 is 1. The summed E-state index contributed by atoms with van der Waals surface area (Å²) in [5, 5.41) is 8.57. The Morgan fingerprint density at radius 1 is 1.23 bits per heavy atom.